The van der Waals surface area contributed by atoms with Gasteiger partial charge in [0.1, 0.15) is 24.1 Å². The van der Waals surface area contributed by atoms with Crippen molar-refractivity contribution in [2.45, 2.75) is 167 Å². The molecule has 17 heteroatoms. The molecule has 3 saturated heterocycles. The number of hydrogen-bond donors (Lipinski definition) is 1. The Bertz CT molecular complexity index is 2150. The molecule has 3 fully saturated rings. The van der Waals surface area contributed by atoms with Crippen LogP contribution in [0.15, 0.2) is 61.4 Å². The number of fused-ring (bicyclic) bond motifs is 1. The van der Waals surface area contributed by atoms with Gasteiger partial charge in [-0.05, 0) is 97.7 Å². The monoisotopic (exact) mass is 947 g/mol. The fourth-order valence-electron chi connectivity index (χ4n) is 10.8. The standard InChI is InChI=1S/C51H74N6O11/c1-12-40-51(9)45(57(49(62)68-51)24-17-16-23-56-29-38(54-30-56)36-19-18-21-52-28-36)33(5)42(59)31(3)27-50(8,63-11)46(67-48-43(60)39(55(10)13-2)25-32(4)64-48)34(6)44(35(7)47(61)65-40)66-41(58)26-37-20-14-15-22-53-37/h14-15,18-22,28-35,39-40,43-46,48,60H,12-13,16-17,23-27H2,1-11H3/t31-,32-,33+,34+,35-,39+,40-,43-,44+,45-,46-,48+,50-,51-/m1/s1. The molecule has 6 rings (SSSR count). The van der Waals surface area contributed by atoms with Crippen LogP contribution >= 0.6 is 0 Å². The van der Waals surface area contributed by atoms with Gasteiger partial charge >= 0.3 is 18.0 Å². The fraction of sp³-hybridized carbons (Fsp3) is 0.667. The van der Waals surface area contributed by atoms with Crippen molar-refractivity contribution in [2.75, 3.05) is 27.2 Å². The van der Waals surface area contributed by atoms with Crippen molar-refractivity contribution in [1.82, 2.24) is 29.3 Å². The van der Waals surface area contributed by atoms with Crippen LogP contribution in [0, 0.1) is 23.7 Å². The molecule has 3 aliphatic heterocycles. The lowest BCUT2D eigenvalue weighted by molar-refractivity contribution is -0.302. The van der Waals surface area contributed by atoms with E-state index in [2.05, 4.69) is 15.0 Å². The number of aliphatic hydroxyl groups is 1. The number of carbonyl (C=O) groups is 4. The van der Waals surface area contributed by atoms with Gasteiger partial charge in [-0.25, -0.2) is 9.78 Å². The lowest BCUT2D eigenvalue weighted by Gasteiger charge is -2.48. The smallest absolute Gasteiger partial charge is 0.410 e. The summed E-state index contributed by atoms with van der Waals surface area (Å²) in [5, 5.41) is 11.9. The Balaban J connectivity index is 1.35. The number of pyridine rings is 2. The van der Waals surface area contributed by atoms with Crippen molar-refractivity contribution in [3.63, 3.8) is 0 Å². The number of aromatic nitrogens is 4. The largest absolute Gasteiger partial charge is 0.461 e. The average Bonchev–Trinajstić information content (AvgIpc) is 3.91. The normalized spacial score (nSPS) is 34.0. The number of ketones is 1. The van der Waals surface area contributed by atoms with Gasteiger partial charge in [-0.2, -0.15) is 0 Å². The van der Waals surface area contributed by atoms with Gasteiger partial charge in [0.05, 0.1) is 53.9 Å². The number of carbonyl (C=O) groups excluding carboxylic acids is 4. The zero-order chi connectivity index (χ0) is 49.5. The summed E-state index contributed by atoms with van der Waals surface area (Å²) in [6, 6.07) is 7.93. The van der Waals surface area contributed by atoms with Gasteiger partial charge in [-0.3, -0.25) is 24.4 Å². The van der Waals surface area contributed by atoms with Gasteiger partial charge in [0, 0.05) is 74.3 Å². The summed E-state index contributed by atoms with van der Waals surface area (Å²) < 4.78 is 40.7. The summed E-state index contributed by atoms with van der Waals surface area (Å²) in [7, 11) is 3.46. The van der Waals surface area contributed by atoms with Gasteiger partial charge < -0.3 is 47.9 Å². The van der Waals surface area contributed by atoms with Crippen molar-refractivity contribution in [1.29, 1.82) is 0 Å². The van der Waals surface area contributed by atoms with Crippen LogP contribution in [0.4, 0.5) is 4.79 Å². The number of likely N-dealkylation sites (N-methyl/N-ethyl adjacent to an activating group) is 1. The van der Waals surface area contributed by atoms with Gasteiger partial charge in [0.15, 0.2) is 11.9 Å². The zero-order valence-electron chi connectivity index (χ0n) is 41.8. The molecule has 3 aromatic rings. The molecule has 14 atom stereocenters. The summed E-state index contributed by atoms with van der Waals surface area (Å²) in [6.07, 6.45) is 4.51. The van der Waals surface area contributed by atoms with E-state index in [1.165, 1.54) is 7.11 Å². The third kappa shape index (κ3) is 11.6. The molecule has 374 valence electrons. The van der Waals surface area contributed by atoms with Crippen molar-refractivity contribution < 1.29 is 52.7 Å². The van der Waals surface area contributed by atoms with E-state index in [0.717, 1.165) is 11.3 Å². The molecule has 0 aromatic carbocycles. The number of aliphatic hydroxyl groups excluding tert-OH is 1. The first-order chi connectivity index (χ1) is 32.3. The molecule has 68 heavy (non-hydrogen) atoms. The number of aryl methyl sites for hydroxylation is 1. The van der Waals surface area contributed by atoms with Gasteiger partial charge in [0.2, 0.25) is 0 Å². The van der Waals surface area contributed by atoms with Gasteiger partial charge in [-0.1, -0.05) is 40.7 Å². The Morgan fingerprint density at radius 3 is 2.40 bits per heavy atom. The molecule has 0 saturated carbocycles. The molecule has 0 radical (unpaired) electrons. The second kappa shape index (κ2) is 22.7. The Morgan fingerprint density at radius 2 is 1.74 bits per heavy atom. The molecule has 0 spiro atoms. The van der Waals surface area contributed by atoms with Crippen LogP contribution in [0.3, 0.4) is 0 Å². The topological polar surface area (TPSA) is 194 Å². The molecule has 17 nitrogen and oxygen atoms in total. The lowest BCUT2D eigenvalue weighted by atomic mass is 9.73. The maximum atomic E-state index is 15.1. The summed E-state index contributed by atoms with van der Waals surface area (Å²) in [5.74, 6) is -4.85. The van der Waals surface area contributed by atoms with E-state index in [0.29, 0.717) is 38.0 Å². The number of ether oxygens (including phenoxy) is 6. The molecule has 0 bridgehead atoms. The third-order valence-electron chi connectivity index (χ3n) is 14.7. The van der Waals surface area contributed by atoms with E-state index < -0.39 is 89.7 Å². The molecule has 1 amide bonds. The van der Waals surface area contributed by atoms with E-state index in [4.69, 9.17) is 28.4 Å². The first-order valence-electron chi connectivity index (χ1n) is 24.3. The highest BCUT2D eigenvalue weighted by molar-refractivity contribution is 5.85. The first kappa shape index (κ1) is 52.6. The van der Waals surface area contributed by atoms with Crippen LogP contribution in [0.25, 0.3) is 11.3 Å². The highest BCUT2D eigenvalue weighted by atomic mass is 16.7. The first-order valence-corrected chi connectivity index (χ1v) is 24.3. The van der Waals surface area contributed by atoms with Crippen LogP contribution in [-0.2, 0) is 55.8 Å². The second-order valence-corrected chi connectivity index (χ2v) is 19.6. The number of unbranched alkanes of at least 4 members (excludes halogenated alkanes) is 1. The summed E-state index contributed by atoms with van der Waals surface area (Å²) in [6.45, 7) is 18.0. The number of nitrogens with zero attached hydrogens (tertiary/aromatic N) is 6. The number of cyclic esters (lactones) is 1. The predicted octanol–water partition coefficient (Wildman–Crippen LogP) is 6.30. The minimum atomic E-state index is -1.44. The Hall–Kier alpha value is -4.81. The van der Waals surface area contributed by atoms with E-state index in [1.807, 2.05) is 69.5 Å². The van der Waals surface area contributed by atoms with Crippen molar-refractivity contribution in [3.05, 3.63) is 67.1 Å². The van der Waals surface area contributed by atoms with Gasteiger partial charge in [0.25, 0.3) is 0 Å². The SMILES string of the molecule is CC[C@H]1OC(=O)[C@H](C)[C@@H](OC(=O)Cc2ccccn2)[C@H](C)[C@@H](O[C@@H]2O[C@H](C)C[C@H](N(C)CC)[C@H]2O)[C@](C)(OC)C[C@@H](C)C(=O)[C@H](C)[C@H]2N(CCCCn3cnc(-c4cccnc4)c3)C(=O)O[C@]12C. The molecule has 6 heterocycles. The fourth-order valence-corrected chi connectivity index (χ4v) is 10.8. The van der Waals surface area contributed by atoms with Gasteiger partial charge in [-0.15, -0.1) is 0 Å². The molecule has 0 unspecified atom stereocenters. The van der Waals surface area contributed by atoms with Crippen molar-refractivity contribution in [2.24, 2.45) is 23.7 Å². The summed E-state index contributed by atoms with van der Waals surface area (Å²) in [4.78, 5) is 74.6. The zero-order valence-corrected chi connectivity index (χ0v) is 41.8. The lowest BCUT2D eigenvalue weighted by Crippen LogP contribution is -2.61. The van der Waals surface area contributed by atoms with Crippen molar-refractivity contribution >= 4 is 23.8 Å². The van der Waals surface area contributed by atoms with Crippen LogP contribution in [0.1, 0.15) is 100 Å². The van der Waals surface area contributed by atoms with Crippen LogP contribution in [0.5, 0.6) is 0 Å². The quantitative estimate of drug-likeness (QED) is 0.101. The van der Waals surface area contributed by atoms with Crippen molar-refractivity contribution in [3.8, 4) is 11.3 Å². The molecule has 3 aliphatic rings. The minimum absolute atomic E-state index is 0.118. The molecule has 0 aliphatic carbocycles. The second-order valence-electron chi connectivity index (χ2n) is 19.6. The number of hydrogen-bond acceptors (Lipinski definition) is 15. The summed E-state index contributed by atoms with van der Waals surface area (Å²) >= 11 is 0. The van der Waals surface area contributed by atoms with E-state index in [9.17, 15) is 19.5 Å². The highest BCUT2D eigenvalue weighted by Crippen LogP contribution is 2.44. The number of amides is 1. The number of esters is 2. The molecular formula is C51H74N6O11. The summed E-state index contributed by atoms with van der Waals surface area (Å²) in [5.41, 5.74) is -0.547. The Labute approximate surface area is 401 Å². The van der Waals surface area contributed by atoms with Crippen LogP contribution < -0.4 is 0 Å². The maximum absolute atomic E-state index is 15.1. The third-order valence-corrected chi connectivity index (χ3v) is 14.7. The molecular weight excluding hydrogens is 873 g/mol. The Kier molecular flexibility index (Phi) is 17.6. The van der Waals surface area contributed by atoms with Crippen LogP contribution in [-0.4, -0.2) is 146 Å². The highest BCUT2D eigenvalue weighted by Gasteiger charge is 2.60. The number of rotatable bonds is 15. The van der Waals surface area contributed by atoms with Crippen LogP contribution in [0.2, 0.25) is 0 Å². The predicted molar refractivity (Wildman–Crippen MR) is 252 cm³/mol. The van der Waals surface area contributed by atoms with E-state index in [1.54, 1.807) is 75.7 Å². The Morgan fingerprint density at radius 1 is 0.985 bits per heavy atom. The number of Topliss-reactive ketones (excluding diaryl/α,β-unsaturated/α-hetero) is 1. The van der Waals surface area contributed by atoms with E-state index >= 15 is 4.79 Å². The molecule has 1 N–H and O–H groups in total. The molecule has 3 aromatic heterocycles. The number of methoxy groups -OCH3 is 1. The van der Waals surface area contributed by atoms with E-state index in [-0.39, 0.29) is 43.7 Å². The average molecular weight is 947 g/mol. The number of imidazole rings is 1. The minimum Gasteiger partial charge on any atom is -0.461 e. The maximum Gasteiger partial charge on any atom is 0.410 e.